The Morgan fingerprint density at radius 1 is 1.44 bits per heavy atom. The van der Waals surface area contributed by atoms with E-state index in [0.29, 0.717) is 5.56 Å². The molecule has 0 unspecified atom stereocenters. The van der Waals surface area contributed by atoms with Crippen molar-refractivity contribution < 1.29 is 9.72 Å². The van der Waals surface area contributed by atoms with E-state index in [2.05, 4.69) is 5.32 Å². The minimum absolute atomic E-state index is 0.00850. The van der Waals surface area contributed by atoms with Crippen LogP contribution >= 0.6 is 11.3 Å². The van der Waals surface area contributed by atoms with Gasteiger partial charge in [0.2, 0.25) is 0 Å². The maximum absolute atomic E-state index is 11.9. The van der Waals surface area contributed by atoms with Crippen LogP contribution in [0.3, 0.4) is 0 Å². The average Bonchev–Trinajstić information content (AvgIpc) is 2.81. The van der Waals surface area contributed by atoms with E-state index in [1.54, 1.807) is 0 Å². The molecule has 6 nitrogen and oxygen atoms in total. The monoisotopic (exact) mass is 269 g/mol. The van der Waals surface area contributed by atoms with Gasteiger partial charge in [-0.25, -0.2) is 0 Å². The molecule has 0 bridgehead atoms. The molecule has 1 aromatic heterocycles. The molecule has 18 heavy (non-hydrogen) atoms. The van der Waals surface area contributed by atoms with Crippen molar-refractivity contribution >= 4 is 22.2 Å². The molecule has 1 aromatic rings. The lowest BCUT2D eigenvalue weighted by Crippen LogP contribution is -2.40. The Hall–Kier alpha value is -1.47. The van der Waals surface area contributed by atoms with Crippen molar-refractivity contribution in [1.29, 1.82) is 0 Å². The second-order valence-electron chi connectivity index (χ2n) is 4.52. The molecule has 7 heteroatoms. The average molecular weight is 269 g/mol. The van der Waals surface area contributed by atoms with E-state index in [1.165, 1.54) is 11.4 Å². The van der Waals surface area contributed by atoms with Gasteiger partial charge in [0.05, 0.1) is 10.5 Å². The van der Waals surface area contributed by atoms with Gasteiger partial charge in [0.1, 0.15) is 0 Å². The van der Waals surface area contributed by atoms with Crippen LogP contribution in [-0.2, 0) is 0 Å². The fraction of sp³-hybridized carbons (Fsp3) is 0.545. The summed E-state index contributed by atoms with van der Waals surface area (Å²) < 4.78 is 0. The van der Waals surface area contributed by atoms with Gasteiger partial charge in [-0.15, -0.1) is 0 Å². The Morgan fingerprint density at radius 3 is 2.67 bits per heavy atom. The fourth-order valence-corrected chi connectivity index (χ4v) is 2.78. The van der Waals surface area contributed by atoms with Crippen molar-refractivity contribution in [2.45, 2.75) is 37.8 Å². The van der Waals surface area contributed by atoms with Gasteiger partial charge in [-0.1, -0.05) is 11.3 Å². The molecule has 1 fully saturated rings. The molecule has 98 valence electrons. The molecule has 0 saturated heterocycles. The van der Waals surface area contributed by atoms with Gasteiger partial charge in [0.15, 0.2) is 0 Å². The van der Waals surface area contributed by atoms with Crippen molar-refractivity contribution in [1.82, 2.24) is 5.32 Å². The lowest BCUT2D eigenvalue weighted by molar-refractivity contribution is -0.380. The number of rotatable bonds is 3. The zero-order valence-corrected chi connectivity index (χ0v) is 10.6. The molecular weight excluding hydrogens is 254 g/mol. The molecule has 1 saturated carbocycles. The van der Waals surface area contributed by atoms with Gasteiger partial charge in [-0.05, 0) is 25.7 Å². The molecule has 0 aliphatic heterocycles. The van der Waals surface area contributed by atoms with Crippen LogP contribution in [-0.4, -0.2) is 22.9 Å². The molecule has 1 amide bonds. The number of nitrogens with zero attached hydrogens (tertiary/aromatic N) is 1. The Kier molecular flexibility index (Phi) is 3.93. The van der Waals surface area contributed by atoms with Gasteiger partial charge < -0.3 is 11.1 Å². The predicted molar refractivity (Wildman–Crippen MR) is 68.7 cm³/mol. The van der Waals surface area contributed by atoms with Crippen molar-refractivity contribution in [2.75, 3.05) is 0 Å². The van der Waals surface area contributed by atoms with Crippen LogP contribution in [0.4, 0.5) is 5.00 Å². The van der Waals surface area contributed by atoms with Crippen LogP contribution in [0, 0.1) is 10.1 Å². The summed E-state index contributed by atoms with van der Waals surface area (Å²) in [5, 5.41) is 14.9. The van der Waals surface area contributed by atoms with Crippen molar-refractivity contribution in [3.63, 3.8) is 0 Å². The summed E-state index contributed by atoms with van der Waals surface area (Å²) in [6.45, 7) is 0. The lowest BCUT2D eigenvalue weighted by Gasteiger charge is -2.26. The minimum Gasteiger partial charge on any atom is -0.349 e. The molecule has 3 N–H and O–H groups in total. The summed E-state index contributed by atoms with van der Waals surface area (Å²) in [7, 11) is 0. The minimum atomic E-state index is -0.485. The molecule has 2 rings (SSSR count). The number of nitrogens with one attached hydrogen (secondary N) is 1. The zero-order valence-electron chi connectivity index (χ0n) is 9.80. The number of carbonyl (C=O) groups excluding carboxylic acids is 1. The zero-order chi connectivity index (χ0) is 13.1. The van der Waals surface area contributed by atoms with Gasteiger partial charge in [-0.2, -0.15) is 0 Å². The molecular formula is C11H15N3O3S. The molecule has 0 aromatic carbocycles. The Labute approximate surface area is 108 Å². The van der Waals surface area contributed by atoms with Gasteiger partial charge in [-0.3, -0.25) is 14.9 Å². The number of amides is 1. The van der Waals surface area contributed by atoms with Gasteiger partial charge in [0.25, 0.3) is 5.91 Å². The summed E-state index contributed by atoms with van der Waals surface area (Å²) in [6.07, 6.45) is 3.57. The maximum Gasteiger partial charge on any atom is 0.324 e. The highest BCUT2D eigenvalue weighted by Gasteiger charge is 2.22. The van der Waals surface area contributed by atoms with E-state index in [9.17, 15) is 14.9 Å². The SMILES string of the molecule is NC1CCC(NC(=O)c2csc([N+](=O)[O-])c2)CC1. The summed E-state index contributed by atoms with van der Waals surface area (Å²) in [6, 6.07) is 1.69. The predicted octanol–water partition coefficient (Wildman–Crippen LogP) is 1.66. The lowest BCUT2D eigenvalue weighted by atomic mass is 9.92. The third kappa shape index (κ3) is 3.05. The Morgan fingerprint density at radius 2 is 2.11 bits per heavy atom. The van der Waals surface area contributed by atoms with Crippen LogP contribution in [0.25, 0.3) is 0 Å². The van der Waals surface area contributed by atoms with Crippen LogP contribution in [0.15, 0.2) is 11.4 Å². The van der Waals surface area contributed by atoms with Crippen LogP contribution in [0.5, 0.6) is 0 Å². The number of thiophene rings is 1. The van der Waals surface area contributed by atoms with E-state index >= 15 is 0 Å². The highest BCUT2D eigenvalue weighted by Crippen LogP contribution is 2.23. The van der Waals surface area contributed by atoms with E-state index < -0.39 is 4.92 Å². The van der Waals surface area contributed by atoms with Crippen molar-refractivity contribution in [2.24, 2.45) is 5.73 Å². The second-order valence-corrected chi connectivity index (χ2v) is 5.41. The third-order valence-electron chi connectivity index (χ3n) is 3.13. The summed E-state index contributed by atoms with van der Waals surface area (Å²) in [4.78, 5) is 21.9. The Bertz CT molecular complexity index is 452. The first kappa shape index (κ1) is 13.0. The molecule has 0 spiro atoms. The summed E-state index contributed by atoms with van der Waals surface area (Å²) >= 11 is 0.968. The van der Waals surface area contributed by atoms with Gasteiger partial charge >= 0.3 is 5.00 Å². The van der Waals surface area contributed by atoms with E-state index in [-0.39, 0.29) is 23.0 Å². The van der Waals surface area contributed by atoms with Crippen molar-refractivity contribution in [3.05, 3.63) is 27.1 Å². The number of hydrogen-bond acceptors (Lipinski definition) is 5. The third-order valence-corrected chi connectivity index (χ3v) is 4.02. The molecule has 1 aliphatic carbocycles. The first-order valence-electron chi connectivity index (χ1n) is 5.85. The van der Waals surface area contributed by atoms with E-state index in [4.69, 9.17) is 5.73 Å². The standard InChI is InChI=1S/C11H15N3O3S/c12-8-1-3-9(4-2-8)13-11(15)7-5-10(14(16)17)18-6-7/h5-6,8-9H,1-4,12H2,(H,13,15). The van der Waals surface area contributed by atoms with E-state index in [0.717, 1.165) is 37.0 Å². The molecule has 0 radical (unpaired) electrons. The van der Waals surface area contributed by atoms with Gasteiger partial charge in [0, 0.05) is 23.5 Å². The number of nitrogens with two attached hydrogens (primary N) is 1. The fourth-order valence-electron chi connectivity index (χ4n) is 2.07. The first-order chi connectivity index (χ1) is 8.56. The first-order valence-corrected chi connectivity index (χ1v) is 6.73. The molecule has 1 aliphatic rings. The summed E-state index contributed by atoms with van der Waals surface area (Å²) in [5.74, 6) is -0.236. The van der Waals surface area contributed by atoms with Crippen molar-refractivity contribution in [3.8, 4) is 0 Å². The summed E-state index contributed by atoms with van der Waals surface area (Å²) in [5.41, 5.74) is 6.15. The second kappa shape index (κ2) is 5.45. The topological polar surface area (TPSA) is 98.3 Å². The largest absolute Gasteiger partial charge is 0.349 e. The molecule has 1 heterocycles. The van der Waals surface area contributed by atoms with Crippen LogP contribution in [0.2, 0.25) is 0 Å². The van der Waals surface area contributed by atoms with E-state index in [1.807, 2.05) is 0 Å². The number of hydrogen-bond donors (Lipinski definition) is 2. The van der Waals surface area contributed by atoms with Crippen LogP contribution in [0.1, 0.15) is 36.0 Å². The van der Waals surface area contributed by atoms with Crippen LogP contribution < -0.4 is 11.1 Å². The highest BCUT2D eigenvalue weighted by atomic mass is 32.1. The smallest absolute Gasteiger partial charge is 0.324 e. The normalized spacial score (nSPS) is 23.6. The maximum atomic E-state index is 11.9. The quantitative estimate of drug-likeness (QED) is 0.644. The molecule has 0 atom stereocenters. The number of carbonyl (C=O) groups is 1. The Balaban J connectivity index is 1.93. The number of nitro groups is 1. The highest BCUT2D eigenvalue weighted by molar-refractivity contribution is 7.13.